The van der Waals surface area contributed by atoms with Crippen LogP contribution in [0, 0.1) is 0 Å². The van der Waals surface area contributed by atoms with Gasteiger partial charge in [0, 0.05) is 32.0 Å². The van der Waals surface area contributed by atoms with Gasteiger partial charge >= 0.3 is 5.97 Å². The molecule has 0 amide bonds. The molecule has 6 aromatic rings. The number of benzene rings is 6. The van der Waals surface area contributed by atoms with Crippen LogP contribution in [-0.2, 0) is 10.8 Å². The molecule has 3 aliphatic rings. The van der Waals surface area contributed by atoms with Crippen LogP contribution in [0.2, 0.25) is 10.0 Å². The number of hydrogen-bond donors (Lipinski definition) is 1. The van der Waals surface area contributed by atoms with E-state index < -0.39 is 5.97 Å². The Hall–Kier alpha value is -4.96. The van der Waals surface area contributed by atoms with Crippen molar-refractivity contribution in [1.82, 2.24) is 0 Å². The number of ketones is 1. The third-order valence-corrected chi connectivity index (χ3v) is 11.0. The zero-order valence-electron chi connectivity index (χ0n) is 27.5. The lowest BCUT2D eigenvalue weighted by Crippen LogP contribution is -2.16. The van der Waals surface area contributed by atoms with Crippen LogP contribution in [0.1, 0.15) is 76.2 Å². The molecule has 6 aromatic carbocycles. The van der Waals surface area contributed by atoms with Gasteiger partial charge in [-0.2, -0.15) is 0 Å². The molecule has 0 saturated heterocycles. The number of carboxylic acid groups (broad SMARTS) is 1. The Morgan fingerprint density at radius 2 is 0.980 bits per heavy atom. The van der Waals surface area contributed by atoms with Gasteiger partial charge in [0.2, 0.25) is 0 Å². The van der Waals surface area contributed by atoms with Gasteiger partial charge in [-0.1, -0.05) is 136 Å². The van der Waals surface area contributed by atoms with Crippen LogP contribution in [0.4, 0.5) is 0 Å². The highest BCUT2D eigenvalue weighted by molar-refractivity contribution is 6.32. The normalized spacial score (nSPS) is 14.9. The molecule has 0 atom stereocenters. The summed E-state index contributed by atoms with van der Waals surface area (Å²) in [5, 5.41) is 10.7. The summed E-state index contributed by atoms with van der Waals surface area (Å²) in [6.45, 7) is 8.88. The highest BCUT2D eigenvalue weighted by Crippen LogP contribution is 2.55. The van der Waals surface area contributed by atoms with E-state index in [1.54, 1.807) is 18.2 Å². The topological polar surface area (TPSA) is 54.4 Å². The standard InChI is InChI=1S/C22H17ClO2.C22H15ClO/c1-22(2)19-9-4-3-6-15(19)17-8-5-7-16(20(17)22)14-11-10-13(23)12-18(14)21(24)25;1-22(2)18-6-4-3-5-13(18)15-9-10-16-19(20(15)22)14-8-7-12(23)11-17(14)21(16)24/h3-12H,1-2H3,(H,24,25);3-11H,1-2H3. The van der Waals surface area contributed by atoms with Crippen molar-refractivity contribution in [3.05, 3.63) is 164 Å². The first-order valence-electron chi connectivity index (χ1n) is 16.3. The van der Waals surface area contributed by atoms with Gasteiger partial charge < -0.3 is 5.11 Å². The zero-order valence-corrected chi connectivity index (χ0v) is 29.0. The fourth-order valence-electron chi connectivity index (χ4n) is 8.41. The molecule has 0 saturated carbocycles. The Balaban J connectivity index is 0.000000142. The number of carbonyl (C=O) groups is 2. The SMILES string of the molecule is CC1(C)c2ccccc2-c2ccc3c(c21)-c1ccc(Cl)cc1C3=O.CC1(C)c2ccccc2-c2cccc(-c3ccc(Cl)cc3C(=O)O)c21. The number of halogens is 2. The van der Waals surface area contributed by atoms with Crippen LogP contribution in [0.15, 0.2) is 115 Å². The van der Waals surface area contributed by atoms with Crippen LogP contribution in [-0.4, -0.2) is 16.9 Å². The van der Waals surface area contributed by atoms with Crippen molar-refractivity contribution >= 4 is 35.0 Å². The van der Waals surface area contributed by atoms with E-state index in [4.69, 9.17) is 23.2 Å². The van der Waals surface area contributed by atoms with Gasteiger partial charge in [0.15, 0.2) is 5.78 Å². The van der Waals surface area contributed by atoms with Crippen LogP contribution >= 0.6 is 23.2 Å². The highest BCUT2D eigenvalue weighted by Gasteiger charge is 2.42. The Kier molecular flexibility index (Phi) is 7.05. The average Bonchev–Trinajstić information content (AvgIpc) is 3.61. The van der Waals surface area contributed by atoms with Crippen LogP contribution in [0.25, 0.3) is 44.5 Å². The summed E-state index contributed by atoms with van der Waals surface area (Å²) in [4.78, 5) is 24.6. The highest BCUT2D eigenvalue weighted by atomic mass is 35.5. The second-order valence-electron chi connectivity index (χ2n) is 14.0. The Morgan fingerprint density at radius 3 is 1.61 bits per heavy atom. The Morgan fingerprint density at radius 1 is 0.510 bits per heavy atom. The van der Waals surface area contributed by atoms with E-state index in [2.05, 4.69) is 82.3 Å². The molecule has 0 aromatic heterocycles. The van der Waals surface area contributed by atoms with Gasteiger partial charge in [-0.3, -0.25) is 4.79 Å². The lowest BCUT2D eigenvalue weighted by Gasteiger charge is -2.25. The quantitative estimate of drug-likeness (QED) is 0.198. The summed E-state index contributed by atoms with van der Waals surface area (Å²) in [7, 11) is 0. The van der Waals surface area contributed by atoms with Gasteiger partial charge in [-0.15, -0.1) is 0 Å². The summed E-state index contributed by atoms with van der Waals surface area (Å²) in [6.07, 6.45) is 0. The number of fused-ring (bicyclic) bond motifs is 10. The van der Waals surface area contributed by atoms with Crippen molar-refractivity contribution in [1.29, 1.82) is 0 Å². The molecule has 240 valence electrons. The molecule has 0 aliphatic heterocycles. The first kappa shape index (κ1) is 31.3. The molecule has 9 rings (SSSR count). The molecule has 0 spiro atoms. The Bertz CT molecular complexity index is 2420. The fourth-order valence-corrected chi connectivity index (χ4v) is 8.76. The molecular weight excluding hydrogens is 647 g/mol. The predicted octanol–water partition coefficient (Wildman–Crippen LogP) is 11.9. The van der Waals surface area contributed by atoms with E-state index in [0.29, 0.717) is 15.6 Å². The molecule has 0 fully saturated rings. The lowest BCUT2D eigenvalue weighted by atomic mass is 9.78. The second kappa shape index (κ2) is 11.0. The van der Waals surface area contributed by atoms with E-state index >= 15 is 0 Å². The van der Waals surface area contributed by atoms with Crippen LogP contribution < -0.4 is 0 Å². The van der Waals surface area contributed by atoms with Crippen LogP contribution in [0.5, 0.6) is 0 Å². The minimum atomic E-state index is -0.969. The zero-order chi connectivity index (χ0) is 34.4. The van der Waals surface area contributed by atoms with Gasteiger partial charge in [-0.05, 0) is 97.1 Å². The number of rotatable bonds is 2. The van der Waals surface area contributed by atoms with E-state index in [1.807, 2.05) is 36.4 Å². The van der Waals surface area contributed by atoms with E-state index in [1.165, 1.54) is 50.6 Å². The summed E-state index contributed by atoms with van der Waals surface area (Å²) in [6, 6.07) is 37.8. The third kappa shape index (κ3) is 4.56. The summed E-state index contributed by atoms with van der Waals surface area (Å²) in [5.41, 5.74) is 15.1. The fraction of sp³-hybridized carbons (Fsp3) is 0.136. The molecule has 0 heterocycles. The maximum Gasteiger partial charge on any atom is 0.336 e. The maximum absolute atomic E-state index is 12.9. The van der Waals surface area contributed by atoms with Gasteiger partial charge in [0.1, 0.15) is 0 Å². The van der Waals surface area contributed by atoms with Crippen LogP contribution in [0.3, 0.4) is 0 Å². The van der Waals surface area contributed by atoms with Gasteiger partial charge in [0.25, 0.3) is 0 Å². The smallest absolute Gasteiger partial charge is 0.336 e. The monoisotopic (exact) mass is 678 g/mol. The van der Waals surface area contributed by atoms with Crippen molar-refractivity contribution in [2.45, 2.75) is 38.5 Å². The minimum Gasteiger partial charge on any atom is -0.478 e. The summed E-state index contributed by atoms with van der Waals surface area (Å²) >= 11 is 12.2. The number of hydrogen-bond acceptors (Lipinski definition) is 2. The molecule has 5 heteroatoms. The molecule has 1 N–H and O–H groups in total. The molecule has 3 nitrogen and oxygen atoms in total. The van der Waals surface area contributed by atoms with Crippen molar-refractivity contribution in [2.24, 2.45) is 0 Å². The molecule has 3 aliphatic carbocycles. The largest absolute Gasteiger partial charge is 0.478 e. The van der Waals surface area contributed by atoms with E-state index in [9.17, 15) is 14.7 Å². The van der Waals surface area contributed by atoms with E-state index in [0.717, 1.165) is 27.8 Å². The number of carboxylic acids is 1. The van der Waals surface area contributed by atoms with Gasteiger partial charge in [-0.25, -0.2) is 4.79 Å². The maximum atomic E-state index is 12.9. The first-order valence-corrected chi connectivity index (χ1v) is 17.1. The molecule has 0 bridgehead atoms. The lowest BCUT2D eigenvalue weighted by molar-refractivity contribution is 0.0697. The summed E-state index contributed by atoms with van der Waals surface area (Å²) in [5.74, 6) is -0.888. The average molecular weight is 680 g/mol. The minimum absolute atomic E-state index is 0.0806. The molecule has 0 unspecified atom stereocenters. The molecule has 0 radical (unpaired) electrons. The Labute approximate surface area is 295 Å². The summed E-state index contributed by atoms with van der Waals surface area (Å²) < 4.78 is 0. The van der Waals surface area contributed by atoms with E-state index in [-0.39, 0.29) is 22.2 Å². The van der Waals surface area contributed by atoms with Crippen molar-refractivity contribution in [3.8, 4) is 44.5 Å². The predicted molar refractivity (Wildman–Crippen MR) is 199 cm³/mol. The second-order valence-corrected chi connectivity index (χ2v) is 14.9. The third-order valence-electron chi connectivity index (χ3n) is 10.5. The van der Waals surface area contributed by atoms with Crippen molar-refractivity contribution in [2.75, 3.05) is 0 Å². The van der Waals surface area contributed by atoms with Crippen molar-refractivity contribution < 1.29 is 14.7 Å². The molecular formula is C44H32Cl2O3. The number of carbonyl (C=O) groups excluding carboxylic acids is 1. The molecule has 49 heavy (non-hydrogen) atoms. The number of aromatic carboxylic acids is 1. The van der Waals surface area contributed by atoms with Crippen molar-refractivity contribution in [3.63, 3.8) is 0 Å². The first-order chi connectivity index (χ1) is 23.4. The van der Waals surface area contributed by atoms with Gasteiger partial charge in [0.05, 0.1) is 5.56 Å².